The third-order valence-electron chi connectivity index (χ3n) is 2.83. The summed E-state index contributed by atoms with van der Waals surface area (Å²) in [5, 5.41) is 10.1. The van der Waals surface area contributed by atoms with Gasteiger partial charge >= 0.3 is 6.03 Å². The quantitative estimate of drug-likeness (QED) is 0.851. The minimum Gasteiger partial charge on any atom is -0.331 e. The van der Waals surface area contributed by atoms with Crippen LogP contribution in [-0.4, -0.2) is 20.8 Å². The summed E-state index contributed by atoms with van der Waals surface area (Å²) in [6.45, 7) is 2.00. The molecule has 0 unspecified atom stereocenters. The third-order valence-corrected chi connectivity index (χ3v) is 3.05. The molecule has 2 N–H and O–H groups in total. The molecule has 2 aromatic rings. The number of urea groups is 1. The average Bonchev–Trinajstić information content (AvgIpc) is 2.85. The summed E-state index contributed by atoms with van der Waals surface area (Å²) in [4.78, 5) is 15.8. The number of rotatable bonds is 4. The average molecular weight is 294 g/mol. The first-order chi connectivity index (χ1) is 9.58. The van der Waals surface area contributed by atoms with Gasteiger partial charge in [0.2, 0.25) is 0 Å². The van der Waals surface area contributed by atoms with Gasteiger partial charge in [0.15, 0.2) is 0 Å². The van der Waals surface area contributed by atoms with Gasteiger partial charge in [-0.3, -0.25) is 4.68 Å². The molecule has 0 fully saturated rings. The summed E-state index contributed by atoms with van der Waals surface area (Å²) in [6.07, 6.45) is 5.92. The van der Waals surface area contributed by atoms with Crippen molar-refractivity contribution in [3.63, 3.8) is 0 Å². The van der Waals surface area contributed by atoms with Crippen LogP contribution in [0.4, 0.5) is 10.5 Å². The Labute approximate surface area is 122 Å². The number of aryl methyl sites for hydroxylation is 1. The van der Waals surface area contributed by atoms with E-state index in [9.17, 15) is 4.79 Å². The molecule has 0 spiro atoms. The standard InChI is InChI=1S/C13H16ClN5O/c1-3-11(9-6-16-19(2)8-9)18-13(20)17-10-4-5-12(14)15-7-10/h4-8,11H,3H2,1-2H3,(H2,17,18,20)/t11-/m1/s1. The molecule has 0 aliphatic rings. The maximum atomic E-state index is 11.9. The van der Waals surface area contributed by atoms with Crippen molar-refractivity contribution >= 4 is 23.3 Å². The zero-order valence-corrected chi connectivity index (χ0v) is 12.1. The molecule has 106 valence electrons. The molecule has 0 bridgehead atoms. The van der Waals surface area contributed by atoms with E-state index in [4.69, 9.17) is 11.6 Å². The first-order valence-corrected chi connectivity index (χ1v) is 6.64. The van der Waals surface area contributed by atoms with Gasteiger partial charge in [0.05, 0.1) is 24.1 Å². The van der Waals surface area contributed by atoms with E-state index < -0.39 is 0 Å². The summed E-state index contributed by atoms with van der Waals surface area (Å²) in [5.41, 5.74) is 1.56. The molecule has 0 saturated carbocycles. The van der Waals surface area contributed by atoms with E-state index in [0.29, 0.717) is 10.8 Å². The van der Waals surface area contributed by atoms with Crippen molar-refractivity contribution in [2.24, 2.45) is 7.05 Å². The Morgan fingerprint density at radius 1 is 1.45 bits per heavy atom. The minimum absolute atomic E-state index is 0.0797. The van der Waals surface area contributed by atoms with Crippen LogP contribution in [-0.2, 0) is 7.05 Å². The SMILES string of the molecule is CC[C@@H](NC(=O)Nc1ccc(Cl)nc1)c1cnn(C)c1. The second-order valence-corrected chi connectivity index (χ2v) is 4.76. The third kappa shape index (κ3) is 3.71. The number of nitrogens with zero attached hydrogens (tertiary/aromatic N) is 3. The number of hydrogen-bond donors (Lipinski definition) is 2. The summed E-state index contributed by atoms with van der Waals surface area (Å²) in [7, 11) is 1.84. The molecule has 0 aromatic carbocycles. The van der Waals surface area contributed by atoms with Crippen molar-refractivity contribution in [3.05, 3.63) is 41.4 Å². The molecule has 6 nitrogen and oxygen atoms in total. The van der Waals surface area contributed by atoms with Crippen molar-refractivity contribution in [2.75, 3.05) is 5.32 Å². The van der Waals surface area contributed by atoms with Crippen LogP contribution < -0.4 is 10.6 Å². The van der Waals surface area contributed by atoms with Gasteiger partial charge in [-0.25, -0.2) is 9.78 Å². The second kappa shape index (κ2) is 6.38. The fraction of sp³-hybridized carbons (Fsp3) is 0.308. The van der Waals surface area contributed by atoms with Crippen LogP contribution in [0, 0.1) is 0 Å². The smallest absolute Gasteiger partial charge is 0.319 e. The van der Waals surface area contributed by atoms with Gasteiger partial charge in [0.25, 0.3) is 0 Å². The van der Waals surface area contributed by atoms with Gasteiger partial charge in [0, 0.05) is 18.8 Å². The highest BCUT2D eigenvalue weighted by Crippen LogP contribution is 2.16. The van der Waals surface area contributed by atoms with Crippen LogP contribution in [0.15, 0.2) is 30.7 Å². The maximum absolute atomic E-state index is 11.9. The van der Waals surface area contributed by atoms with Gasteiger partial charge in [-0.15, -0.1) is 0 Å². The number of halogens is 1. The molecule has 2 rings (SSSR count). The van der Waals surface area contributed by atoms with Crippen molar-refractivity contribution in [1.82, 2.24) is 20.1 Å². The summed E-state index contributed by atoms with van der Waals surface area (Å²) < 4.78 is 1.71. The Kier molecular flexibility index (Phi) is 4.57. The van der Waals surface area contributed by atoms with Gasteiger partial charge in [-0.2, -0.15) is 5.10 Å². The number of anilines is 1. The lowest BCUT2D eigenvalue weighted by Gasteiger charge is -2.16. The van der Waals surface area contributed by atoms with E-state index in [2.05, 4.69) is 20.7 Å². The Morgan fingerprint density at radius 2 is 2.25 bits per heavy atom. The van der Waals surface area contributed by atoms with E-state index in [1.807, 2.05) is 20.2 Å². The number of amides is 2. The van der Waals surface area contributed by atoms with E-state index in [0.717, 1.165) is 12.0 Å². The van der Waals surface area contributed by atoms with Crippen LogP contribution in [0.25, 0.3) is 0 Å². The Bertz CT molecular complexity index is 581. The number of carbonyl (C=O) groups excluding carboxylic acids is 1. The van der Waals surface area contributed by atoms with Gasteiger partial charge in [-0.05, 0) is 18.6 Å². The fourth-order valence-corrected chi connectivity index (χ4v) is 1.93. The number of pyridine rings is 1. The first-order valence-electron chi connectivity index (χ1n) is 6.26. The van der Waals surface area contributed by atoms with Crippen LogP contribution in [0.1, 0.15) is 24.9 Å². The van der Waals surface area contributed by atoms with E-state index >= 15 is 0 Å². The molecule has 0 saturated heterocycles. The monoisotopic (exact) mass is 293 g/mol. The lowest BCUT2D eigenvalue weighted by atomic mass is 10.1. The number of aromatic nitrogens is 3. The molecule has 0 radical (unpaired) electrons. The molecular formula is C13H16ClN5O. The molecule has 1 atom stereocenters. The number of nitrogens with one attached hydrogen (secondary N) is 2. The number of carbonyl (C=O) groups is 1. The first kappa shape index (κ1) is 14.3. The molecule has 20 heavy (non-hydrogen) atoms. The highest BCUT2D eigenvalue weighted by molar-refractivity contribution is 6.29. The molecule has 0 aliphatic heterocycles. The maximum Gasteiger partial charge on any atom is 0.319 e. The van der Waals surface area contributed by atoms with Crippen LogP contribution in [0.3, 0.4) is 0 Å². The Hall–Kier alpha value is -2.08. The van der Waals surface area contributed by atoms with Gasteiger partial charge in [-0.1, -0.05) is 18.5 Å². The predicted molar refractivity (Wildman–Crippen MR) is 77.6 cm³/mol. The highest BCUT2D eigenvalue weighted by Gasteiger charge is 2.14. The summed E-state index contributed by atoms with van der Waals surface area (Å²) in [6, 6.07) is 2.95. The zero-order valence-electron chi connectivity index (χ0n) is 11.3. The zero-order chi connectivity index (χ0) is 14.5. The largest absolute Gasteiger partial charge is 0.331 e. The highest BCUT2D eigenvalue weighted by atomic mass is 35.5. The second-order valence-electron chi connectivity index (χ2n) is 4.38. The van der Waals surface area contributed by atoms with Crippen LogP contribution >= 0.6 is 11.6 Å². The van der Waals surface area contributed by atoms with Crippen LogP contribution in [0.5, 0.6) is 0 Å². The Morgan fingerprint density at radius 3 is 2.80 bits per heavy atom. The minimum atomic E-state index is -0.287. The van der Waals surface area contributed by atoms with Crippen molar-refractivity contribution in [2.45, 2.75) is 19.4 Å². The van der Waals surface area contributed by atoms with Crippen molar-refractivity contribution < 1.29 is 4.79 Å². The van der Waals surface area contributed by atoms with Crippen molar-refractivity contribution in [1.29, 1.82) is 0 Å². The fourth-order valence-electron chi connectivity index (χ4n) is 1.82. The molecular weight excluding hydrogens is 278 g/mol. The molecule has 0 aliphatic carbocycles. The van der Waals surface area contributed by atoms with E-state index in [1.54, 1.807) is 23.0 Å². The Balaban J connectivity index is 1.97. The summed E-state index contributed by atoms with van der Waals surface area (Å²) in [5.74, 6) is 0. The van der Waals surface area contributed by atoms with E-state index in [1.165, 1.54) is 6.20 Å². The van der Waals surface area contributed by atoms with Crippen LogP contribution in [0.2, 0.25) is 5.15 Å². The molecule has 2 aromatic heterocycles. The van der Waals surface area contributed by atoms with Crippen molar-refractivity contribution in [3.8, 4) is 0 Å². The topological polar surface area (TPSA) is 71.8 Å². The van der Waals surface area contributed by atoms with Gasteiger partial charge < -0.3 is 10.6 Å². The molecule has 2 amide bonds. The summed E-state index contributed by atoms with van der Waals surface area (Å²) >= 11 is 5.69. The normalized spacial score (nSPS) is 11.9. The lowest BCUT2D eigenvalue weighted by Crippen LogP contribution is -2.32. The van der Waals surface area contributed by atoms with E-state index in [-0.39, 0.29) is 12.1 Å². The number of hydrogen-bond acceptors (Lipinski definition) is 3. The molecule has 7 heteroatoms. The predicted octanol–water partition coefficient (Wildman–Crippen LogP) is 2.74. The molecule has 2 heterocycles. The lowest BCUT2D eigenvalue weighted by molar-refractivity contribution is 0.248. The van der Waals surface area contributed by atoms with Gasteiger partial charge in [0.1, 0.15) is 5.15 Å².